The molecule has 13 heteroatoms. The van der Waals surface area contributed by atoms with Gasteiger partial charge >= 0.3 is 5.97 Å². The molecule has 6 aromatic rings. The number of aryl methyl sites for hydroxylation is 7. The summed E-state index contributed by atoms with van der Waals surface area (Å²) in [6.07, 6.45) is 2.49. The number of rotatable bonds is 2. The number of carbonyl (C=O) groups excluding carboxylic acids is 1. The largest absolute Gasteiger partial charge is 0.493 e. The van der Waals surface area contributed by atoms with Crippen LogP contribution in [0, 0.1) is 19.7 Å². The molecular formula is C39H41ClFN5O5S. The van der Waals surface area contributed by atoms with Crippen molar-refractivity contribution >= 4 is 49.1 Å². The molecule has 6 bridgehead atoms. The predicted molar refractivity (Wildman–Crippen MR) is 200 cm³/mol. The number of carbonyl (C=O) groups is 1. The van der Waals surface area contributed by atoms with Gasteiger partial charge < -0.3 is 14.0 Å². The minimum Gasteiger partial charge on any atom is -0.493 e. The van der Waals surface area contributed by atoms with Gasteiger partial charge in [-0.2, -0.15) is 10.2 Å². The van der Waals surface area contributed by atoms with Crippen LogP contribution in [0.15, 0.2) is 48.5 Å². The maximum atomic E-state index is 14.4. The zero-order valence-corrected chi connectivity index (χ0v) is 31.5. The molecule has 0 atom stereocenters. The maximum Gasteiger partial charge on any atom is 0.354 e. The zero-order valence-electron chi connectivity index (χ0n) is 29.9. The topological polar surface area (TPSA) is 110 Å². The summed E-state index contributed by atoms with van der Waals surface area (Å²) >= 11 is 7.00. The van der Waals surface area contributed by atoms with Crippen molar-refractivity contribution in [2.45, 2.75) is 58.2 Å². The Bertz CT molecular complexity index is 2480. The van der Waals surface area contributed by atoms with Crippen molar-refractivity contribution in [3.05, 3.63) is 99.0 Å². The third kappa shape index (κ3) is 6.69. The lowest BCUT2D eigenvalue weighted by Gasteiger charge is -2.15. The van der Waals surface area contributed by atoms with E-state index in [1.807, 2.05) is 62.8 Å². The van der Waals surface area contributed by atoms with Crippen molar-refractivity contribution in [3.8, 4) is 16.9 Å². The quantitative estimate of drug-likeness (QED) is 0.172. The van der Waals surface area contributed by atoms with Gasteiger partial charge in [0.05, 0.1) is 47.1 Å². The Morgan fingerprint density at radius 2 is 1.73 bits per heavy atom. The molecule has 0 saturated carbocycles. The SMILES string of the molecule is COC(=O)c1c2c3ccc(Cl)c(-c4c(C)nn(C)c4C)c3n1CCCS(=O)(=O)Cc1cc(n(C)n1)CCc1cc(c3ccc(F)cc3c1)OCCC2. The van der Waals surface area contributed by atoms with Crippen LogP contribution in [-0.4, -0.2) is 58.0 Å². The summed E-state index contributed by atoms with van der Waals surface area (Å²) in [5.74, 6) is -0.538. The first-order chi connectivity index (χ1) is 24.8. The van der Waals surface area contributed by atoms with Crippen molar-refractivity contribution in [3.63, 3.8) is 0 Å². The maximum absolute atomic E-state index is 14.4. The molecule has 3 aromatic carbocycles. The van der Waals surface area contributed by atoms with E-state index in [-0.39, 0.29) is 30.3 Å². The van der Waals surface area contributed by atoms with Gasteiger partial charge in [0.1, 0.15) is 17.3 Å². The molecular weight excluding hydrogens is 705 g/mol. The minimum atomic E-state index is -3.57. The highest BCUT2D eigenvalue weighted by Gasteiger charge is 2.29. The number of methoxy groups -OCH3 is 1. The van der Waals surface area contributed by atoms with Crippen molar-refractivity contribution < 1.29 is 27.1 Å². The number of sulfone groups is 1. The fourth-order valence-electron chi connectivity index (χ4n) is 7.62. The second kappa shape index (κ2) is 14.0. The second-order valence-corrected chi connectivity index (χ2v) is 16.2. The van der Waals surface area contributed by atoms with Gasteiger partial charge in [-0.25, -0.2) is 17.6 Å². The van der Waals surface area contributed by atoms with E-state index in [2.05, 4.69) is 10.2 Å². The van der Waals surface area contributed by atoms with E-state index in [1.54, 1.807) is 15.4 Å². The van der Waals surface area contributed by atoms with E-state index in [0.717, 1.165) is 61.0 Å². The molecule has 0 amide bonds. The first-order valence-corrected chi connectivity index (χ1v) is 19.5. The molecule has 52 heavy (non-hydrogen) atoms. The predicted octanol–water partition coefficient (Wildman–Crippen LogP) is 7.24. The van der Waals surface area contributed by atoms with Crippen LogP contribution in [-0.2, 0) is 60.2 Å². The molecule has 3 aromatic heterocycles. The average molecular weight is 746 g/mol. The van der Waals surface area contributed by atoms with E-state index in [4.69, 9.17) is 21.1 Å². The van der Waals surface area contributed by atoms with Gasteiger partial charge in [-0.05, 0) is 98.9 Å². The Kier molecular flexibility index (Phi) is 9.64. The van der Waals surface area contributed by atoms with Gasteiger partial charge in [0.15, 0.2) is 9.84 Å². The Hall–Kier alpha value is -4.68. The first-order valence-electron chi connectivity index (χ1n) is 17.3. The van der Waals surface area contributed by atoms with Gasteiger partial charge in [-0.3, -0.25) is 9.36 Å². The summed E-state index contributed by atoms with van der Waals surface area (Å²) < 4.78 is 58.7. The van der Waals surface area contributed by atoms with Gasteiger partial charge in [0, 0.05) is 53.9 Å². The number of esters is 1. The van der Waals surface area contributed by atoms with Crippen molar-refractivity contribution in [2.75, 3.05) is 19.5 Å². The van der Waals surface area contributed by atoms with Crippen molar-refractivity contribution in [1.82, 2.24) is 24.1 Å². The lowest BCUT2D eigenvalue weighted by atomic mass is 9.98. The summed E-state index contributed by atoms with van der Waals surface area (Å²) in [6, 6.07) is 14.2. The highest BCUT2D eigenvalue weighted by molar-refractivity contribution is 7.90. The van der Waals surface area contributed by atoms with E-state index < -0.39 is 15.8 Å². The molecule has 7 rings (SSSR count). The molecule has 10 nitrogen and oxygen atoms in total. The summed E-state index contributed by atoms with van der Waals surface area (Å²) in [5, 5.41) is 12.0. The summed E-state index contributed by atoms with van der Waals surface area (Å²) in [4.78, 5) is 13.7. The number of fused-ring (bicyclic) bond motifs is 11. The van der Waals surface area contributed by atoms with E-state index in [9.17, 15) is 17.6 Å². The van der Waals surface area contributed by atoms with Crippen LogP contribution in [0.2, 0.25) is 5.02 Å². The lowest BCUT2D eigenvalue weighted by Crippen LogP contribution is -2.17. The molecule has 1 aliphatic rings. The molecule has 4 heterocycles. The first kappa shape index (κ1) is 35.7. The lowest BCUT2D eigenvalue weighted by molar-refractivity contribution is 0.0587. The summed E-state index contributed by atoms with van der Waals surface area (Å²) in [5.41, 5.74) is 7.42. The van der Waals surface area contributed by atoms with Crippen LogP contribution in [0.5, 0.6) is 5.75 Å². The normalized spacial score (nSPS) is 15.4. The van der Waals surface area contributed by atoms with E-state index in [0.29, 0.717) is 54.5 Å². The minimum absolute atomic E-state index is 0.111. The van der Waals surface area contributed by atoms with Crippen LogP contribution < -0.4 is 4.74 Å². The number of nitrogens with zero attached hydrogens (tertiary/aromatic N) is 5. The summed E-state index contributed by atoms with van der Waals surface area (Å²) in [6.45, 7) is 4.44. The number of benzene rings is 3. The number of ether oxygens (including phenoxy) is 2. The van der Waals surface area contributed by atoms with Crippen LogP contribution in [0.3, 0.4) is 0 Å². The Labute approximate surface area is 307 Å². The monoisotopic (exact) mass is 745 g/mol. The van der Waals surface area contributed by atoms with Gasteiger partial charge in [0.25, 0.3) is 0 Å². The third-order valence-corrected chi connectivity index (χ3v) is 12.0. The number of aromatic nitrogens is 5. The molecule has 0 saturated heterocycles. The second-order valence-electron chi connectivity index (χ2n) is 13.6. The van der Waals surface area contributed by atoms with Crippen LogP contribution >= 0.6 is 11.6 Å². The molecule has 0 N–H and O–H groups in total. The molecule has 272 valence electrons. The van der Waals surface area contributed by atoms with Crippen molar-refractivity contribution in [2.24, 2.45) is 14.1 Å². The fourth-order valence-corrected chi connectivity index (χ4v) is 9.17. The van der Waals surface area contributed by atoms with Crippen LogP contribution in [0.4, 0.5) is 4.39 Å². The van der Waals surface area contributed by atoms with E-state index in [1.165, 1.54) is 19.2 Å². The number of hydrogen-bond donors (Lipinski definition) is 0. The molecule has 0 radical (unpaired) electrons. The molecule has 0 aliphatic carbocycles. The van der Waals surface area contributed by atoms with E-state index >= 15 is 0 Å². The number of halogens is 2. The molecule has 0 fully saturated rings. The molecule has 1 aliphatic heterocycles. The standard InChI is InChI=1S/C39H41ClFN5O5S/c1-23-35(24(2)44(3)42-23)36-33(40)14-13-32-31-8-6-16-51-34-19-25(18-26-20-27(41)10-12-30(26)34)9-11-29-21-28(43-45(29)4)22-52(48,49)17-7-15-46(37(32)36)38(31)39(47)50-5/h10,12-14,18-21H,6-9,11,15-17,22H2,1-5H3. The highest BCUT2D eigenvalue weighted by Crippen LogP contribution is 2.42. The molecule has 0 spiro atoms. The highest BCUT2D eigenvalue weighted by atomic mass is 35.5. The third-order valence-electron chi connectivity index (χ3n) is 10.1. The fraction of sp³-hybridized carbons (Fsp3) is 0.359. The van der Waals surface area contributed by atoms with Crippen molar-refractivity contribution in [1.29, 1.82) is 0 Å². The van der Waals surface area contributed by atoms with Gasteiger partial charge in [-0.15, -0.1) is 0 Å². The Morgan fingerprint density at radius 3 is 2.48 bits per heavy atom. The Balaban J connectivity index is 1.38. The Morgan fingerprint density at radius 1 is 0.942 bits per heavy atom. The van der Waals surface area contributed by atoms with Crippen LogP contribution in [0.25, 0.3) is 32.8 Å². The zero-order chi connectivity index (χ0) is 36.9. The average Bonchev–Trinajstić information content (AvgIpc) is 3.69. The molecule has 0 unspecified atom stereocenters. The smallest absolute Gasteiger partial charge is 0.354 e. The van der Waals surface area contributed by atoms with Gasteiger partial charge in [-0.1, -0.05) is 23.7 Å². The number of hydrogen-bond acceptors (Lipinski definition) is 7. The summed E-state index contributed by atoms with van der Waals surface area (Å²) in [7, 11) is 1.45. The van der Waals surface area contributed by atoms with Crippen LogP contribution in [0.1, 0.15) is 57.2 Å². The van der Waals surface area contributed by atoms with Gasteiger partial charge in [0.2, 0.25) is 0 Å².